The lowest BCUT2D eigenvalue weighted by Gasteiger charge is -2.23. The monoisotopic (exact) mass is 270 g/mol. The fourth-order valence-corrected chi connectivity index (χ4v) is 3.13. The molecule has 1 aliphatic rings. The van der Waals surface area contributed by atoms with Gasteiger partial charge in [0.1, 0.15) is 0 Å². The van der Waals surface area contributed by atoms with Crippen LogP contribution in [0.25, 0.3) is 0 Å². The Morgan fingerprint density at radius 3 is 2.44 bits per heavy atom. The van der Waals surface area contributed by atoms with E-state index in [4.69, 9.17) is 11.6 Å². The fraction of sp³-hybridized carbons (Fsp3) is 0.786. The molecule has 3 nitrogen and oxygen atoms in total. The highest BCUT2D eigenvalue weighted by molar-refractivity contribution is 6.31. The van der Waals surface area contributed by atoms with E-state index in [-0.39, 0.29) is 6.04 Å². The predicted octanol–water partition coefficient (Wildman–Crippen LogP) is 4.12. The Bertz CT molecular complexity index is 381. The van der Waals surface area contributed by atoms with Crippen molar-refractivity contribution in [2.24, 2.45) is 5.92 Å². The third-order valence-corrected chi connectivity index (χ3v) is 4.19. The van der Waals surface area contributed by atoms with Crippen molar-refractivity contribution in [3.8, 4) is 0 Å². The molecular weight excluding hydrogens is 248 g/mol. The van der Waals surface area contributed by atoms with Crippen molar-refractivity contribution >= 4 is 11.6 Å². The lowest BCUT2D eigenvalue weighted by Crippen LogP contribution is -2.18. The molecule has 1 aliphatic carbocycles. The van der Waals surface area contributed by atoms with E-state index < -0.39 is 6.10 Å². The first kappa shape index (κ1) is 13.9. The van der Waals surface area contributed by atoms with Crippen LogP contribution < -0.4 is 0 Å². The topological polar surface area (TPSA) is 38.0 Å². The second-order valence-electron chi connectivity index (χ2n) is 5.61. The molecule has 1 unspecified atom stereocenters. The van der Waals surface area contributed by atoms with Gasteiger partial charge in [0.2, 0.25) is 0 Å². The Morgan fingerprint density at radius 1 is 1.28 bits per heavy atom. The van der Waals surface area contributed by atoms with E-state index in [0.29, 0.717) is 10.9 Å². The van der Waals surface area contributed by atoms with Gasteiger partial charge in [0.25, 0.3) is 0 Å². The first-order chi connectivity index (χ1) is 8.61. The van der Waals surface area contributed by atoms with Crippen LogP contribution in [0.4, 0.5) is 0 Å². The van der Waals surface area contributed by atoms with E-state index in [1.165, 1.54) is 25.7 Å². The third kappa shape index (κ3) is 2.89. The molecule has 18 heavy (non-hydrogen) atoms. The summed E-state index contributed by atoms with van der Waals surface area (Å²) in [4.78, 5) is 0. The molecule has 1 heterocycles. The van der Waals surface area contributed by atoms with Gasteiger partial charge in [-0.1, -0.05) is 37.3 Å². The second kappa shape index (κ2) is 6.07. The van der Waals surface area contributed by atoms with Gasteiger partial charge in [-0.25, -0.2) is 0 Å². The minimum atomic E-state index is -0.472. The summed E-state index contributed by atoms with van der Waals surface area (Å²) in [6.45, 7) is 4.12. The largest absolute Gasteiger partial charge is 0.386 e. The van der Waals surface area contributed by atoms with Crippen molar-refractivity contribution in [2.75, 3.05) is 0 Å². The summed E-state index contributed by atoms with van der Waals surface area (Å²) in [5.74, 6) is 0.333. The third-order valence-electron chi connectivity index (χ3n) is 3.90. The number of aliphatic hydroxyl groups is 1. The summed E-state index contributed by atoms with van der Waals surface area (Å²) >= 11 is 6.20. The summed E-state index contributed by atoms with van der Waals surface area (Å²) in [6, 6.07) is 0.230. The molecule has 4 heteroatoms. The van der Waals surface area contributed by atoms with Crippen molar-refractivity contribution in [1.29, 1.82) is 0 Å². The van der Waals surface area contributed by atoms with Gasteiger partial charge in [-0.15, -0.1) is 0 Å². The molecule has 0 amide bonds. The molecule has 2 rings (SSSR count). The molecule has 102 valence electrons. The summed E-state index contributed by atoms with van der Waals surface area (Å²) in [7, 11) is 0. The van der Waals surface area contributed by atoms with Gasteiger partial charge in [-0.2, -0.15) is 5.10 Å². The van der Waals surface area contributed by atoms with Gasteiger partial charge in [0.15, 0.2) is 0 Å². The van der Waals surface area contributed by atoms with Gasteiger partial charge in [0.05, 0.1) is 23.0 Å². The molecule has 1 saturated carbocycles. The molecule has 1 fully saturated rings. The SMILES string of the molecule is CC(C)n1ncc(Cl)c1C(O)C1CCCCCC1. The van der Waals surface area contributed by atoms with Crippen molar-refractivity contribution in [3.05, 3.63) is 16.9 Å². The van der Waals surface area contributed by atoms with Crippen molar-refractivity contribution in [3.63, 3.8) is 0 Å². The quantitative estimate of drug-likeness (QED) is 0.839. The van der Waals surface area contributed by atoms with Crippen LogP contribution in [0.15, 0.2) is 6.20 Å². The van der Waals surface area contributed by atoms with Crippen LogP contribution in [0.3, 0.4) is 0 Å². The number of hydrogen-bond donors (Lipinski definition) is 1. The Labute approximate surface area is 114 Å². The van der Waals surface area contributed by atoms with Crippen LogP contribution in [0.5, 0.6) is 0 Å². The summed E-state index contributed by atoms with van der Waals surface area (Å²) in [5, 5.41) is 15.5. The van der Waals surface area contributed by atoms with Crippen LogP contribution in [0.2, 0.25) is 5.02 Å². The van der Waals surface area contributed by atoms with E-state index in [1.807, 2.05) is 4.68 Å². The zero-order chi connectivity index (χ0) is 13.1. The van der Waals surface area contributed by atoms with Crippen molar-refractivity contribution in [2.45, 2.75) is 64.5 Å². The number of hydrogen-bond acceptors (Lipinski definition) is 2. The van der Waals surface area contributed by atoms with Gasteiger partial charge < -0.3 is 5.11 Å². The lowest BCUT2D eigenvalue weighted by atomic mass is 9.92. The number of aromatic nitrogens is 2. The zero-order valence-electron chi connectivity index (χ0n) is 11.3. The summed E-state index contributed by atoms with van der Waals surface area (Å²) in [5.41, 5.74) is 0.804. The van der Waals surface area contributed by atoms with Crippen LogP contribution >= 0.6 is 11.6 Å². The van der Waals surface area contributed by atoms with Crippen LogP contribution in [-0.2, 0) is 0 Å². The Balaban J connectivity index is 2.21. The normalized spacial score (nSPS) is 20.1. The molecule has 0 aliphatic heterocycles. The number of rotatable bonds is 3. The molecule has 1 aromatic rings. The molecule has 0 radical (unpaired) electrons. The standard InChI is InChI=1S/C14H23ClN2O/c1-10(2)17-13(12(15)9-16-17)14(18)11-7-5-3-4-6-8-11/h9-11,14,18H,3-8H2,1-2H3. The predicted molar refractivity (Wildman–Crippen MR) is 73.8 cm³/mol. The fourth-order valence-electron chi connectivity index (χ4n) is 2.89. The Hall–Kier alpha value is -0.540. The molecule has 1 atom stereocenters. The molecular formula is C14H23ClN2O. The maximum absolute atomic E-state index is 10.6. The summed E-state index contributed by atoms with van der Waals surface area (Å²) < 4.78 is 1.86. The van der Waals surface area contributed by atoms with Crippen LogP contribution in [0.1, 0.15) is 70.2 Å². The number of aliphatic hydroxyl groups excluding tert-OH is 1. The smallest absolute Gasteiger partial charge is 0.0999 e. The molecule has 0 spiro atoms. The average Bonchev–Trinajstić information content (AvgIpc) is 2.56. The van der Waals surface area contributed by atoms with Crippen LogP contribution in [0, 0.1) is 5.92 Å². The van der Waals surface area contributed by atoms with Crippen molar-refractivity contribution < 1.29 is 5.11 Å². The highest BCUT2D eigenvalue weighted by atomic mass is 35.5. The molecule has 0 aromatic carbocycles. The Morgan fingerprint density at radius 2 is 1.89 bits per heavy atom. The van der Waals surface area contributed by atoms with E-state index in [2.05, 4.69) is 18.9 Å². The highest BCUT2D eigenvalue weighted by Crippen LogP contribution is 2.36. The van der Waals surface area contributed by atoms with Gasteiger partial charge in [0, 0.05) is 6.04 Å². The van der Waals surface area contributed by atoms with E-state index in [9.17, 15) is 5.11 Å². The van der Waals surface area contributed by atoms with Crippen LogP contribution in [-0.4, -0.2) is 14.9 Å². The Kier molecular flexibility index (Phi) is 4.68. The maximum atomic E-state index is 10.6. The molecule has 1 aromatic heterocycles. The van der Waals surface area contributed by atoms with Gasteiger partial charge >= 0.3 is 0 Å². The average molecular weight is 271 g/mol. The highest BCUT2D eigenvalue weighted by Gasteiger charge is 2.27. The van der Waals surface area contributed by atoms with E-state index >= 15 is 0 Å². The first-order valence-electron chi connectivity index (χ1n) is 7.02. The number of halogens is 1. The lowest BCUT2D eigenvalue weighted by molar-refractivity contribution is 0.0887. The van der Waals surface area contributed by atoms with Gasteiger partial charge in [-0.3, -0.25) is 4.68 Å². The molecule has 0 saturated heterocycles. The maximum Gasteiger partial charge on any atom is 0.0999 e. The van der Waals surface area contributed by atoms with Crippen molar-refractivity contribution in [1.82, 2.24) is 9.78 Å². The minimum absolute atomic E-state index is 0.230. The van der Waals surface area contributed by atoms with E-state index in [1.54, 1.807) is 6.20 Å². The molecule has 0 bridgehead atoms. The van der Waals surface area contributed by atoms with E-state index in [0.717, 1.165) is 18.5 Å². The minimum Gasteiger partial charge on any atom is -0.386 e. The first-order valence-corrected chi connectivity index (χ1v) is 7.40. The molecule has 1 N–H and O–H groups in total. The van der Waals surface area contributed by atoms with Gasteiger partial charge in [-0.05, 0) is 32.6 Å². The number of nitrogens with zero attached hydrogens (tertiary/aromatic N) is 2. The second-order valence-corrected chi connectivity index (χ2v) is 6.02. The zero-order valence-corrected chi connectivity index (χ0v) is 12.0. The summed E-state index contributed by atoms with van der Waals surface area (Å²) in [6.07, 6.45) is 8.39.